The van der Waals surface area contributed by atoms with E-state index in [0.717, 1.165) is 0 Å². The molecule has 180 valence electrons. The summed E-state index contributed by atoms with van der Waals surface area (Å²) < 4.78 is 55.9. The smallest absolute Gasteiger partial charge is 0.405 e. The fourth-order valence-corrected chi connectivity index (χ4v) is 4.55. The maximum absolute atomic E-state index is 13.7. The molecular weight excluding hydrogens is 448 g/mol. The number of hydrogen-bond acceptors (Lipinski definition) is 5. The summed E-state index contributed by atoms with van der Waals surface area (Å²) in [7, 11) is 0. The monoisotopic (exact) mass is 472 g/mol. The van der Waals surface area contributed by atoms with Crippen molar-refractivity contribution >= 4 is 23.3 Å². The third kappa shape index (κ3) is 5.11. The summed E-state index contributed by atoms with van der Waals surface area (Å²) in [5.74, 6) is -7.68. The summed E-state index contributed by atoms with van der Waals surface area (Å²) in [5.41, 5.74) is 6.98. The van der Waals surface area contributed by atoms with Gasteiger partial charge in [-0.25, -0.2) is 31.9 Å². The number of piperidine rings is 1. The Kier molecular flexibility index (Phi) is 5.83. The highest BCUT2D eigenvalue weighted by Crippen LogP contribution is 2.41. The number of fused-ring (bicyclic) bond motifs is 1. The van der Waals surface area contributed by atoms with E-state index < -0.39 is 48.8 Å². The molecule has 2 fully saturated rings. The van der Waals surface area contributed by atoms with Gasteiger partial charge in [0.2, 0.25) is 11.8 Å². The standard InChI is InChI=1S/C20H24F4N6O3/c21-19(22)3-1-10(2-4-19)16(28-18(32)33)14-8-30-15(27-14)6-12(25)13(29-30)5-11-7-20(23,24)9-26-17(11)31/h6,8,10-11,16,28H,1-5,7,9,25H2,(H,26,31)(H,32,33)/t11?,16-/m0/s1. The van der Waals surface area contributed by atoms with Crippen molar-refractivity contribution in [2.24, 2.45) is 11.8 Å². The number of alkyl halides is 4. The van der Waals surface area contributed by atoms with Gasteiger partial charge in [-0.2, -0.15) is 5.10 Å². The van der Waals surface area contributed by atoms with Gasteiger partial charge in [0.1, 0.15) is 0 Å². The Bertz CT molecular complexity index is 1070. The van der Waals surface area contributed by atoms with Crippen molar-refractivity contribution in [3.05, 3.63) is 23.7 Å². The van der Waals surface area contributed by atoms with Crippen LogP contribution in [-0.2, 0) is 11.2 Å². The Morgan fingerprint density at radius 3 is 2.67 bits per heavy atom. The Morgan fingerprint density at radius 1 is 1.30 bits per heavy atom. The summed E-state index contributed by atoms with van der Waals surface area (Å²) in [6.45, 7) is -0.708. The van der Waals surface area contributed by atoms with Gasteiger partial charge in [0.05, 0.1) is 35.9 Å². The third-order valence-corrected chi connectivity index (χ3v) is 6.29. The van der Waals surface area contributed by atoms with Crippen molar-refractivity contribution in [2.75, 3.05) is 12.3 Å². The number of halogens is 4. The van der Waals surface area contributed by atoms with E-state index in [2.05, 4.69) is 20.7 Å². The van der Waals surface area contributed by atoms with Gasteiger partial charge in [0.15, 0.2) is 5.65 Å². The quantitative estimate of drug-likeness (QED) is 0.495. The normalized spacial score (nSPS) is 23.8. The lowest BCUT2D eigenvalue weighted by Gasteiger charge is -2.32. The van der Waals surface area contributed by atoms with E-state index >= 15 is 0 Å². The van der Waals surface area contributed by atoms with Crippen molar-refractivity contribution in [1.29, 1.82) is 0 Å². The average Bonchev–Trinajstić information content (AvgIpc) is 3.11. The summed E-state index contributed by atoms with van der Waals surface area (Å²) in [6.07, 6.45) is -1.02. The zero-order valence-corrected chi connectivity index (χ0v) is 17.5. The van der Waals surface area contributed by atoms with Crippen molar-refractivity contribution in [3.63, 3.8) is 0 Å². The van der Waals surface area contributed by atoms with Gasteiger partial charge in [-0.3, -0.25) is 4.79 Å². The Hall–Kier alpha value is -3.12. The predicted octanol–water partition coefficient (Wildman–Crippen LogP) is 2.76. The van der Waals surface area contributed by atoms with Gasteiger partial charge in [-0.15, -0.1) is 0 Å². The van der Waals surface area contributed by atoms with Crippen LogP contribution in [0.3, 0.4) is 0 Å². The number of nitrogen functional groups attached to an aromatic ring is 1. The second kappa shape index (κ2) is 8.34. The first-order valence-corrected chi connectivity index (χ1v) is 10.6. The number of carboxylic acid groups (broad SMARTS) is 1. The van der Waals surface area contributed by atoms with E-state index in [-0.39, 0.29) is 55.1 Å². The number of imidazole rings is 1. The molecule has 33 heavy (non-hydrogen) atoms. The zero-order chi connectivity index (χ0) is 24.0. The Labute approximate surface area is 185 Å². The first-order chi connectivity index (χ1) is 15.4. The highest BCUT2D eigenvalue weighted by Gasteiger charge is 2.41. The van der Waals surface area contributed by atoms with Crippen LogP contribution in [0.1, 0.15) is 49.5 Å². The van der Waals surface area contributed by atoms with E-state index in [1.54, 1.807) is 0 Å². The first-order valence-electron chi connectivity index (χ1n) is 10.6. The van der Waals surface area contributed by atoms with Crippen molar-refractivity contribution in [3.8, 4) is 0 Å². The van der Waals surface area contributed by atoms with Crippen LogP contribution in [0.4, 0.5) is 28.0 Å². The topological polar surface area (TPSA) is 135 Å². The molecule has 2 aromatic heterocycles. The number of carbonyl (C=O) groups excluding carboxylic acids is 1. The minimum Gasteiger partial charge on any atom is -0.465 e. The maximum Gasteiger partial charge on any atom is 0.405 e. The summed E-state index contributed by atoms with van der Waals surface area (Å²) in [6, 6.07) is 0.630. The van der Waals surface area contributed by atoms with Gasteiger partial charge in [-0.1, -0.05) is 0 Å². The van der Waals surface area contributed by atoms with Gasteiger partial charge >= 0.3 is 6.09 Å². The molecule has 1 saturated carbocycles. The molecule has 9 nitrogen and oxygen atoms in total. The lowest BCUT2D eigenvalue weighted by Crippen LogP contribution is -2.48. The van der Waals surface area contributed by atoms with Crippen LogP contribution in [0.5, 0.6) is 0 Å². The lowest BCUT2D eigenvalue weighted by atomic mass is 9.81. The van der Waals surface area contributed by atoms with Gasteiger partial charge < -0.3 is 21.5 Å². The molecule has 2 aromatic rings. The molecule has 4 rings (SSSR count). The van der Waals surface area contributed by atoms with Crippen LogP contribution in [0, 0.1) is 11.8 Å². The second-order valence-electron chi connectivity index (χ2n) is 8.81. The van der Waals surface area contributed by atoms with Crippen LogP contribution >= 0.6 is 0 Å². The molecule has 0 spiro atoms. The highest BCUT2D eigenvalue weighted by molar-refractivity contribution is 5.80. The van der Waals surface area contributed by atoms with Crippen LogP contribution in [0.15, 0.2) is 12.3 Å². The molecule has 3 heterocycles. The van der Waals surface area contributed by atoms with E-state index in [0.29, 0.717) is 5.69 Å². The summed E-state index contributed by atoms with van der Waals surface area (Å²) in [4.78, 5) is 27.8. The molecule has 0 bridgehead atoms. The van der Waals surface area contributed by atoms with Gasteiger partial charge in [0.25, 0.3) is 5.92 Å². The van der Waals surface area contributed by atoms with Gasteiger partial charge in [0, 0.05) is 37.7 Å². The van der Waals surface area contributed by atoms with Crippen molar-refractivity contribution in [1.82, 2.24) is 25.2 Å². The molecule has 1 aliphatic carbocycles. The average molecular weight is 472 g/mol. The van der Waals surface area contributed by atoms with Crippen molar-refractivity contribution in [2.45, 2.75) is 56.4 Å². The number of nitrogens with one attached hydrogen (secondary N) is 2. The number of nitrogens with two attached hydrogens (primary N) is 1. The van der Waals surface area contributed by atoms with E-state index in [1.165, 1.54) is 16.8 Å². The van der Waals surface area contributed by atoms with Crippen LogP contribution in [0.25, 0.3) is 5.65 Å². The van der Waals surface area contributed by atoms with Crippen molar-refractivity contribution < 1.29 is 32.3 Å². The molecule has 1 saturated heterocycles. The van der Waals surface area contributed by atoms with Crippen LogP contribution < -0.4 is 16.4 Å². The molecule has 5 N–H and O–H groups in total. The number of nitrogens with zero attached hydrogens (tertiary/aromatic N) is 3. The van der Waals surface area contributed by atoms with E-state index in [4.69, 9.17) is 5.73 Å². The number of aromatic nitrogens is 3. The molecule has 1 aliphatic heterocycles. The molecule has 0 radical (unpaired) electrons. The minimum absolute atomic E-state index is 0.106. The molecule has 2 amide bonds. The SMILES string of the molecule is Nc1cc2nc([C@@H](NC(=O)O)C3CCC(F)(F)CC3)cn2nc1CC1CC(F)(F)CNC1=O. The molecular formula is C20H24F4N6O3. The largest absolute Gasteiger partial charge is 0.465 e. The minimum atomic E-state index is -3.02. The molecule has 2 aliphatic rings. The highest BCUT2D eigenvalue weighted by atomic mass is 19.3. The van der Waals surface area contributed by atoms with E-state index in [9.17, 15) is 32.3 Å². The third-order valence-electron chi connectivity index (χ3n) is 6.29. The maximum atomic E-state index is 13.7. The molecule has 13 heteroatoms. The van der Waals surface area contributed by atoms with Crippen LogP contribution in [0.2, 0.25) is 0 Å². The first kappa shape index (κ1) is 23.1. The zero-order valence-electron chi connectivity index (χ0n) is 17.5. The molecule has 2 atom stereocenters. The van der Waals surface area contributed by atoms with Gasteiger partial charge in [-0.05, 0) is 18.8 Å². The number of anilines is 1. The number of rotatable bonds is 5. The lowest BCUT2D eigenvalue weighted by molar-refractivity contribution is -0.136. The summed E-state index contributed by atoms with van der Waals surface area (Å²) in [5, 5.41) is 18.1. The number of carbonyl (C=O) groups is 2. The molecule has 0 aromatic carbocycles. The fraction of sp³-hybridized carbons (Fsp3) is 0.600. The Morgan fingerprint density at radius 2 is 2.00 bits per heavy atom. The van der Waals surface area contributed by atoms with E-state index in [1.807, 2.05) is 0 Å². The number of hydrogen-bond donors (Lipinski definition) is 4. The van der Waals surface area contributed by atoms with Crippen LogP contribution in [-0.4, -0.2) is 50.1 Å². The predicted molar refractivity (Wildman–Crippen MR) is 108 cm³/mol. The Balaban J connectivity index is 1.60. The molecule has 1 unspecified atom stereocenters. The number of amides is 2. The summed E-state index contributed by atoms with van der Waals surface area (Å²) >= 11 is 0. The fourth-order valence-electron chi connectivity index (χ4n) is 4.55. The second-order valence-corrected chi connectivity index (χ2v) is 8.81.